The van der Waals surface area contributed by atoms with Gasteiger partial charge in [0.1, 0.15) is 12.4 Å². The molecule has 1 rings (SSSR count). The minimum atomic E-state index is -3.21. The highest BCUT2D eigenvalue weighted by atomic mass is 32.2. The lowest BCUT2D eigenvalue weighted by atomic mass is 10.3. The molecule has 2 amide bonds. The maximum Gasteiger partial charge on any atom is 0.328 e. The van der Waals surface area contributed by atoms with Gasteiger partial charge in [-0.15, -0.1) is 0 Å². The van der Waals surface area contributed by atoms with Crippen LogP contribution in [-0.2, 0) is 19.4 Å². The Kier molecular flexibility index (Phi) is 13.4. The topological polar surface area (TPSA) is 154 Å². The second-order valence-corrected chi connectivity index (χ2v) is 9.44. The molecule has 0 unspecified atom stereocenters. The van der Waals surface area contributed by atoms with Crippen molar-refractivity contribution in [3.8, 4) is 5.75 Å². The van der Waals surface area contributed by atoms with E-state index in [-0.39, 0.29) is 17.0 Å². The van der Waals surface area contributed by atoms with Crippen molar-refractivity contribution in [1.82, 2.24) is 15.1 Å². The van der Waals surface area contributed by atoms with Crippen molar-refractivity contribution >= 4 is 27.8 Å². The lowest BCUT2D eigenvalue weighted by Gasteiger charge is -2.27. The van der Waals surface area contributed by atoms with E-state index in [9.17, 15) is 22.8 Å². The molecule has 186 valence electrons. The summed E-state index contributed by atoms with van der Waals surface area (Å²) in [4.78, 5) is 35.3. The summed E-state index contributed by atoms with van der Waals surface area (Å²) in [6, 6.07) is 6.20. The average Bonchev–Trinajstić information content (AvgIpc) is 2.69. The highest BCUT2D eigenvalue weighted by Crippen LogP contribution is 2.15. The van der Waals surface area contributed by atoms with Gasteiger partial charge in [0.2, 0.25) is 0 Å². The molecule has 0 saturated heterocycles. The summed E-state index contributed by atoms with van der Waals surface area (Å²) in [7, 11) is 0.696. The fourth-order valence-corrected chi connectivity index (χ4v) is 2.90. The number of ether oxygens (including phenoxy) is 1. The van der Waals surface area contributed by atoms with Crippen LogP contribution in [0, 0.1) is 0 Å². The minimum Gasteiger partial charge on any atom is -0.492 e. The molecule has 11 nitrogen and oxygen atoms in total. The van der Waals surface area contributed by atoms with Gasteiger partial charge in [-0.25, -0.2) is 22.8 Å². The Morgan fingerprint density at radius 1 is 1.03 bits per heavy atom. The van der Waals surface area contributed by atoms with E-state index in [1.165, 1.54) is 12.1 Å². The highest BCUT2D eigenvalue weighted by molar-refractivity contribution is 7.90. The minimum absolute atomic E-state index is 0.0515. The molecule has 0 aliphatic heterocycles. The Hall–Kier alpha value is -3.12. The van der Waals surface area contributed by atoms with Crippen molar-refractivity contribution in [3.05, 3.63) is 36.4 Å². The number of amides is 2. The number of sulfone groups is 1. The summed E-state index contributed by atoms with van der Waals surface area (Å²) in [5, 5.41) is 18.5. The van der Waals surface area contributed by atoms with E-state index in [0.717, 1.165) is 12.8 Å². The number of nitrogens with zero attached hydrogens (tertiary/aromatic N) is 2. The molecule has 3 N–H and O–H groups in total. The highest BCUT2D eigenvalue weighted by Gasteiger charge is 2.16. The molecule has 0 fully saturated rings. The van der Waals surface area contributed by atoms with Crippen LogP contribution in [-0.4, -0.2) is 99.0 Å². The third kappa shape index (κ3) is 14.5. The zero-order valence-corrected chi connectivity index (χ0v) is 20.3. The van der Waals surface area contributed by atoms with Crippen LogP contribution in [0.5, 0.6) is 5.75 Å². The van der Waals surface area contributed by atoms with Crippen molar-refractivity contribution in [1.29, 1.82) is 0 Å². The number of carboxylic acid groups (broad SMARTS) is 2. The van der Waals surface area contributed by atoms with E-state index in [0.29, 0.717) is 37.6 Å². The first-order valence-corrected chi connectivity index (χ1v) is 11.9. The number of carboxylic acids is 2. The first-order valence-electron chi connectivity index (χ1n) is 10.00. The molecule has 0 saturated carbocycles. The van der Waals surface area contributed by atoms with E-state index < -0.39 is 21.8 Å². The van der Waals surface area contributed by atoms with Crippen LogP contribution < -0.4 is 10.1 Å². The zero-order valence-electron chi connectivity index (χ0n) is 19.5. The molecule has 0 radical (unpaired) electrons. The Balaban J connectivity index is 0.00000109. The second kappa shape index (κ2) is 14.9. The van der Waals surface area contributed by atoms with Gasteiger partial charge in [-0.1, -0.05) is 0 Å². The second-order valence-electron chi connectivity index (χ2n) is 7.42. The molecule has 0 aliphatic carbocycles. The molecule has 1 aromatic rings. The van der Waals surface area contributed by atoms with Crippen LogP contribution in [0.15, 0.2) is 41.3 Å². The van der Waals surface area contributed by atoms with Gasteiger partial charge < -0.3 is 30.1 Å². The zero-order chi connectivity index (χ0) is 25.6. The van der Waals surface area contributed by atoms with Gasteiger partial charge >= 0.3 is 18.0 Å². The predicted octanol–water partition coefficient (Wildman–Crippen LogP) is 1.16. The van der Waals surface area contributed by atoms with Crippen molar-refractivity contribution in [2.45, 2.75) is 24.8 Å². The van der Waals surface area contributed by atoms with Gasteiger partial charge in [0, 0.05) is 37.5 Å². The third-order valence-corrected chi connectivity index (χ3v) is 5.07. The number of hydrogen-bond acceptors (Lipinski definition) is 7. The molecule has 12 heteroatoms. The van der Waals surface area contributed by atoms with Crippen molar-refractivity contribution in [2.24, 2.45) is 0 Å². The van der Waals surface area contributed by atoms with E-state index in [1.54, 1.807) is 17.0 Å². The van der Waals surface area contributed by atoms with Crippen LogP contribution in [0.25, 0.3) is 0 Å². The lowest BCUT2D eigenvalue weighted by Crippen LogP contribution is -2.47. The Morgan fingerprint density at radius 2 is 1.55 bits per heavy atom. The molecule has 33 heavy (non-hydrogen) atoms. The van der Waals surface area contributed by atoms with Crippen molar-refractivity contribution in [3.63, 3.8) is 0 Å². The summed E-state index contributed by atoms with van der Waals surface area (Å²) >= 11 is 0. The molecule has 0 bridgehead atoms. The number of urea groups is 1. The fraction of sp³-hybridized carbons (Fsp3) is 0.476. The summed E-state index contributed by atoms with van der Waals surface area (Å²) in [5.74, 6) is -1.94. The molecule has 0 spiro atoms. The molecule has 0 aromatic heterocycles. The van der Waals surface area contributed by atoms with Crippen LogP contribution in [0.3, 0.4) is 0 Å². The number of hydrogen-bond donors (Lipinski definition) is 3. The number of carbonyl (C=O) groups is 3. The number of likely N-dealkylation sites (N-methyl/N-ethyl adjacent to an activating group) is 1. The van der Waals surface area contributed by atoms with Crippen molar-refractivity contribution in [2.75, 3.05) is 46.6 Å². The number of benzene rings is 1. The maximum atomic E-state index is 12.2. The predicted molar refractivity (Wildman–Crippen MR) is 123 cm³/mol. The summed E-state index contributed by atoms with van der Waals surface area (Å²) in [6.45, 7) is 6.04. The number of nitrogens with one attached hydrogen (secondary N) is 1. The average molecular weight is 488 g/mol. The van der Waals surface area contributed by atoms with Crippen molar-refractivity contribution < 1.29 is 37.8 Å². The summed E-state index contributed by atoms with van der Waals surface area (Å²) < 4.78 is 28.5. The molecular weight excluding hydrogens is 454 g/mol. The normalized spacial score (nSPS) is 11.1. The lowest BCUT2D eigenvalue weighted by molar-refractivity contribution is -0.134. The van der Waals surface area contributed by atoms with Crippen LogP contribution in [0.2, 0.25) is 0 Å². The first-order chi connectivity index (χ1) is 15.2. The van der Waals surface area contributed by atoms with Crippen LogP contribution >= 0.6 is 0 Å². The SMILES string of the molecule is CC(C)N(CCOc1ccc(S(C)(=O)=O)cc1)C(=O)NCCN(C)C.O=C(O)C=CC(=O)O. The quantitative estimate of drug-likeness (QED) is 0.390. The Bertz CT molecular complexity index is 881. The van der Waals surface area contributed by atoms with Gasteiger partial charge in [-0.05, 0) is 52.2 Å². The monoisotopic (exact) mass is 487 g/mol. The van der Waals surface area contributed by atoms with Crippen LogP contribution in [0.1, 0.15) is 13.8 Å². The molecule has 0 aliphatic rings. The van der Waals surface area contributed by atoms with Gasteiger partial charge in [-0.3, -0.25) is 0 Å². The molecule has 0 heterocycles. The van der Waals surface area contributed by atoms with E-state index >= 15 is 0 Å². The standard InChI is InChI=1S/C17H29N3O4S.C4H4O4/c1-14(2)20(17(21)18-10-11-19(3)4)12-13-24-15-6-8-16(9-7-15)25(5,22)23;5-3(6)1-2-4(7)8/h6-9,14H,10-13H2,1-5H3,(H,18,21);1-2H,(H,5,6)(H,7,8). The number of rotatable bonds is 11. The van der Waals surface area contributed by atoms with Gasteiger partial charge in [-0.2, -0.15) is 0 Å². The summed E-state index contributed by atoms with van der Waals surface area (Å²) in [6.07, 6.45) is 2.28. The van der Waals surface area contributed by atoms with E-state index in [4.69, 9.17) is 14.9 Å². The Morgan fingerprint density at radius 3 is 1.94 bits per heavy atom. The molecular formula is C21H33N3O8S. The number of aliphatic carboxylic acids is 2. The first kappa shape index (κ1) is 29.9. The van der Waals surface area contributed by atoms with E-state index in [1.807, 2.05) is 32.8 Å². The van der Waals surface area contributed by atoms with Gasteiger partial charge in [0.25, 0.3) is 0 Å². The van der Waals surface area contributed by atoms with Gasteiger partial charge in [0.15, 0.2) is 9.84 Å². The number of carbonyl (C=O) groups excluding carboxylic acids is 1. The largest absolute Gasteiger partial charge is 0.492 e. The summed E-state index contributed by atoms with van der Waals surface area (Å²) in [5.41, 5.74) is 0. The smallest absolute Gasteiger partial charge is 0.328 e. The third-order valence-electron chi connectivity index (χ3n) is 3.94. The Labute approximate surface area is 194 Å². The van der Waals surface area contributed by atoms with Crippen LogP contribution in [0.4, 0.5) is 4.79 Å². The van der Waals surface area contributed by atoms with Gasteiger partial charge in [0.05, 0.1) is 11.4 Å². The maximum absolute atomic E-state index is 12.2. The molecule has 0 atom stereocenters. The van der Waals surface area contributed by atoms with E-state index in [2.05, 4.69) is 5.32 Å². The fourth-order valence-electron chi connectivity index (χ4n) is 2.27. The molecule has 1 aromatic carbocycles.